The van der Waals surface area contributed by atoms with Crippen LogP contribution >= 0.6 is 0 Å². The number of hydrogen-bond acceptors (Lipinski definition) is 4. The first-order chi connectivity index (χ1) is 9.37. The van der Waals surface area contributed by atoms with Crippen molar-refractivity contribution < 1.29 is 14.3 Å². The highest BCUT2D eigenvalue weighted by Crippen LogP contribution is 2.17. The van der Waals surface area contributed by atoms with Gasteiger partial charge in [0.2, 0.25) is 5.91 Å². The standard InChI is InChI=1S/C14H19N3O3/c1-14(2,3)20-13(19)16-8-9-17(12(18)10-16)11-4-6-15-7-5-11/h4-7H,8-10H2,1-3H3. The van der Waals surface area contributed by atoms with Gasteiger partial charge in [-0.2, -0.15) is 0 Å². The van der Waals surface area contributed by atoms with E-state index in [0.717, 1.165) is 5.69 Å². The lowest BCUT2D eigenvalue weighted by atomic mass is 10.2. The van der Waals surface area contributed by atoms with Crippen molar-refractivity contribution >= 4 is 17.7 Å². The fourth-order valence-corrected chi connectivity index (χ4v) is 1.95. The molecule has 2 rings (SSSR count). The Labute approximate surface area is 118 Å². The summed E-state index contributed by atoms with van der Waals surface area (Å²) >= 11 is 0. The Morgan fingerprint density at radius 3 is 2.45 bits per heavy atom. The van der Waals surface area contributed by atoms with Crippen molar-refractivity contribution in [3.63, 3.8) is 0 Å². The van der Waals surface area contributed by atoms with E-state index >= 15 is 0 Å². The first-order valence-electron chi connectivity index (χ1n) is 6.55. The van der Waals surface area contributed by atoms with Crippen molar-refractivity contribution in [1.29, 1.82) is 0 Å². The van der Waals surface area contributed by atoms with Gasteiger partial charge in [0.1, 0.15) is 12.1 Å². The Balaban J connectivity index is 1.99. The predicted octanol–water partition coefficient (Wildman–Crippen LogP) is 1.67. The monoisotopic (exact) mass is 277 g/mol. The van der Waals surface area contributed by atoms with Crippen LogP contribution in [0.15, 0.2) is 24.5 Å². The molecule has 0 radical (unpaired) electrons. The molecule has 2 amide bonds. The summed E-state index contributed by atoms with van der Waals surface area (Å²) in [4.78, 5) is 31.1. The zero-order chi connectivity index (χ0) is 14.8. The van der Waals surface area contributed by atoms with Gasteiger partial charge in [-0.3, -0.25) is 14.7 Å². The number of carbonyl (C=O) groups is 2. The normalized spacial score (nSPS) is 16.2. The van der Waals surface area contributed by atoms with Crippen molar-refractivity contribution in [2.75, 3.05) is 24.5 Å². The third-order valence-electron chi connectivity index (χ3n) is 2.85. The fourth-order valence-electron chi connectivity index (χ4n) is 1.95. The number of amides is 2. The van der Waals surface area contributed by atoms with Crippen LogP contribution in [-0.2, 0) is 9.53 Å². The van der Waals surface area contributed by atoms with Crippen LogP contribution < -0.4 is 4.90 Å². The molecular formula is C14H19N3O3. The second kappa shape index (κ2) is 5.48. The second-order valence-electron chi connectivity index (χ2n) is 5.65. The topological polar surface area (TPSA) is 62.7 Å². The lowest BCUT2D eigenvalue weighted by Crippen LogP contribution is -2.53. The molecule has 1 aromatic heterocycles. The van der Waals surface area contributed by atoms with Crippen molar-refractivity contribution in [1.82, 2.24) is 9.88 Å². The fraction of sp³-hybridized carbons (Fsp3) is 0.500. The molecule has 108 valence electrons. The van der Waals surface area contributed by atoms with Crippen LogP contribution in [0.25, 0.3) is 0 Å². The smallest absolute Gasteiger partial charge is 0.410 e. The number of piperazine rings is 1. The van der Waals surface area contributed by atoms with Crippen molar-refractivity contribution in [2.45, 2.75) is 26.4 Å². The second-order valence-corrected chi connectivity index (χ2v) is 5.65. The summed E-state index contributed by atoms with van der Waals surface area (Å²) < 4.78 is 5.27. The minimum Gasteiger partial charge on any atom is -0.444 e. The van der Waals surface area contributed by atoms with E-state index in [1.54, 1.807) is 50.2 Å². The van der Waals surface area contributed by atoms with Crippen LogP contribution in [0.5, 0.6) is 0 Å². The summed E-state index contributed by atoms with van der Waals surface area (Å²) in [6, 6.07) is 3.56. The molecule has 20 heavy (non-hydrogen) atoms. The summed E-state index contributed by atoms with van der Waals surface area (Å²) in [6.45, 7) is 6.38. The number of nitrogens with zero attached hydrogens (tertiary/aromatic N) is 3. The van der Waals surface area contributed by atoms with Gasteiger partial charge in [0.15, 0.2) is 0 Å². The summed E-state index contributed by atoms with van der Waals surface area (Å²) in [5.74, 6) is -0.117. The molecule has 1 fully saturated rings. The van der Waals surface area contributed by atoms with E-state index in [9.17, 15) is 9.59 Å². The maximum atomic E-state index is 12.1. The molecule has 1 saturated heterocycles. The Morgan fingerprint density at radius 1 is 1.25 bits per heavy atom. The zero-order valence-corrected chi connectivity index (χ0v) is 12.0. The molecule has 0 atom stereocenters. The van der Waals surface area contributed by atoms with E-state index in [0.29, 0.717) is 13.1 Å². The highest BCUT2D eigenvalue weighted by atomic mass is 16.6. The minimum atomic E-state index is -0.553. The quantitative estimate of drug-likeness (QED) is 0.783. The lowest BCUT2D eigenvalue weighted by Gasteiger charge is -2.35. The first-order valence-corrected chi connectivity index (χ1v) is 6.55. The van der Waals surface area contributed by atoms with E-state index in [1.807, 2.05) is 0 Å². The van der Waals surface area contributed by atoms with Gasteiger partial charge < -0.3 is 9.64 Å². The van der Waals surface area contributed by atoms with E-state index in [1.165, 1.54) is 4.90 Å². The van der Waals surface area contributed by atoms with Gasteiger partial charge in [-0.15, -0.1) is 0 Å². The average Bonchev–Trinajstić information content (AvgIpc) is 2.37. The maximum Gasteiger partial charge on any atom is 0.410 e. The average molecular weight is 277 g/mol. The Hall–Kier alpha value is -2.11. The molecule has 6 nitrogen and oxygen atoms in total. The Morgan fingerprint density at radius 2 is 1.90 bits per heavy atom. The van der Waals surface area contributed by atoms with Gasteiger partial charge in [-0.25, -0.2) is 4.79 Å². The van der Waals surface area contributed by atoms with E-state index < -0.39 is 11.7 Å². The number of carbonyl (C=O) groups excluding carboxylic acids is 2. The van der Waals surface area contributed by atoms with Gasteiger partial charge in [-0.1, -0.05) is 0 Å². The van der Waals surface area contributed by atoms with E-state index in [4.69, 9.17) is 4.74 Å². The van der Waals surface area contributed by atoms with E-state index in [2.05, 4.69) is 4.98 Å². The number of rotatable bonds is 1. The highest BCUT2D eigenvalue weighted by molar-refractivity contribution is 5.97. The molecule has 0 N–H and O–H groups in total. The third kappa shape index (κ3) is 3.46. The molecule has 1 aromatic rings. The number of ether oxygens (including phenoxy) is 1. The number of aromatic nitrogens is 1. The van der Waals surface area contributed by atoms with Gasteiger partial charge in [0, 0.05) is 31.2 Å². The van der Waals surface area contributed by atoms with Crippen LogP contribution in [0.4, 0.5) is 10.5 Å². The number of anilines is 1. The Bertz CT molecular complexity index is 496. The summed E-state index contributed by atoms with van der Waals surface area (Å²) in [7, 11) is 0. The minimum absolute atomic E-state index is 0.0389. The lowest BCUT2D eigenvalue weighted by molar-refractivity contribution is -0.121. The number of hydrogen-bond donors (Lipinski definition) is 0. The summed E-state index contributed by atoms with van der Waals surface area (Å²) in [5.41, 5.74) is 0.247. The van der Waals surface area contributed by atoms with Crippen molar-refractivity contribution in [3.8, 4) is 0 Å². The van der Waals surface area contributed by atoms with Crippen LogP contribution in [-0.4, -0.2) is 47.1 Å². The van der Waals surface area contributed by atoms with Gasteiger partial charge >= 0.3 is 6.09 Å². The molecule has 6 heteroatoms. The van der Waals surface area contributed by atoms with Gasteiger partial charge in [0.25, 0.3) is 0 Å². The van der Waals surface area contributed by atoms with Crippen LogP contribution in [0.3, 0.4) is 0 Å². The van der Waals surface area contributed by atoms with Crippen LogP contribution in [0, 0.1) is 0 Å². The highest BCUT2D eigenvalue weighted by Gasteiger charge is 2.30. The van der Waals surface area contributed by atoms with Crippen molar-refractivity contribution in [2.24, 2.45) is 0 Å². The molecule has 1 aliphatic rings. The molecule has 0 aliphatic carbocycles. The molecule has 2 heterocycles. The third-order valence-corrected chi connectivity index (χ3v) is 2.85. The van der Waals surface area contributed by atoms with E-state index in [-0.39, 0.29) is 12.5 Å². The van der Waals surface area contributed by atoms with Crippen LogP contribution in [0.1, 0.15) is 20.8 Å². The molecule has 0 saturated carbocycles. The molecule has 0 bridgehead atoms. The zero-order valence-electron chi connectivity index (χ0n) is 12.0. The van der Waals surface area contributed by atoms with Gasteiger partial charge in [0.05, 0.1) is 0 Å². The molecule has 0 spiro atoms. The van der Waals surface area contributed by atoms with Crippen molar-refractivity contribution in [3.05, 3.63) is 24.5 Å². The predicted molar refractivity (Wildman–Crippen MR) is 74.4 cm³/mol. The molecule has 0 aromatic carbocycles. The summed E-state index contributed by atoms with van der Waals surface area (Å²) in [5, 5.41) is 0. The maximum absolute atomic E-state index is 12.1. The van der Waals surface area contributed by atoms with Crippen LogP contribution in [0.2, 0.25) is 0 Å². The largest absolute Gasteiger partial charge is 0.444 e. The molecular weight excluding hydrogens is 258 g/mol. The first kappa shape index (κ1) is 14.3. The molecule has 0 unspecified atom stereocenters. The Kier molecular flexibility index (Phi) is 3.92. The summed E-state index contributed by atoms with van der Waals surface area (Å²) in [6.07, 6.45) is 2.84. The number of pyridine rings is 1. The SMILES string of the molecule is CC(C)(C)OC(=O)N1CCN(c2ccncc2)C(=O)C1. The van der Waals surface area contributed by atoms with Gasteiger partial charge in [-0.05, 0) is 32.9 Å². The molecule has 1 aliphatic heterocycles.